The van der Waals surface area contributed by atoms with Gasteiger partial charge in [0.15, 0.2) is 0 Å². The summed E-state index contributed by atoms with van der Waals surface area (Å²) in [6.45, 7) is 7.02. The van der Waals surface area contributed by atoms with E-state index in [1.165, 1.54) is 0 Å². The van der Waals surface area contributed by atoms with Gasteiger partial charge in [0.2, 0.25) is 11.8 Å². The van der Waals surface area contributed by atoms with Gasteiger partial charge < -0.3 is 15.5 Å². The van der Waals surface area contributed by atoms with Gasteiger partial charge in [-0.05, 0) is 26.7 Å². The predicted molar refractivity (Wildman–Crippen MR) is 77.1 cm³/mol. The molecule has 0 bridgehead atoms. The minimum absolute atomic E-state index is 0.0118. The number of piperidine rings is 1. The maximum atomic E-state index is 12.5. The Labute approximate surface area is 120 Å². The molecule has 0 saturated carbocycles. The van der Waals surface area contributed by atoms with Gasteiger partial charge in [0.05, 0.1) is 6.54 Å². The molecule has 2 aliphatic heterocycles. The van der Waals surface area contributed by atoms with E-state index in [9.17, 15) is 9.59 Å². The Morgan fingerprint density at radius 1 is 1.25 bits per heavy atom. The lowest BCUT2D eigenvalue weighted by atomic mass is 9.97. The molecule has 6 heteroatoms. The minimum Gasteiger partial charge on any atom is -0.342 e. The second kappa shape index (κ2) is 5.69. The molecular formula is C14H26N4O2. The highest BCUT2D eigenvalue weighted by Gasteiger charge is 2.43. The van der Waals surface area contributed by atoms with Crippen molar-refractivity contribution >= 4 is 11.8 Å². The van der Waals surface area contributed by atoms with Gasteiger partial charge in [-0.3, -0.25) is 14.5 Å². The Bertz CT molecular complexity index is 389. The van der Waals surface area contributed by atoms with Gasteiger partial charge in [0.25, 0.3) is 0 Å². The van der Waals surface area contributed by atoms with Gasteiger partial charge in [-0.2, -0.15) is 0 Å². The normalized spacial score (nSPS) is 25.1. The van der Waals surface area contributed by atoms with E-state index in [0.717, 1.165) is 25.9 Å². The second-order valence-electron chi connectivity index (χ2n) is 6.44. The Morgan fingerprint density at radius 3 is 2.45 bits per heavy atom. The first-order chi connectivity index (χ1) is 9.32. The lowest BCUT2D eigenvalue weighted by Gasteiger charge is -2.45. The third-order valence-electron chi connectivity index (χ3n) is 4.50. The van der Waals surface area contributed by atoms with E-state index in [-0.39, 0.29) is 17.9 Å². The molecule has 2 amide bonds. The molecule has 2 N–H and O–H groups in total. The van der Waals surface area contributed by atoms with Crippen molar-refractivity contribution in [2.45, 2.75) is 38.3 Å². The number of amides is 2. The molecule has 0 aromatic rings. The number of carbonyl (C=O) groups excluding carboxylic acids is 2. The number of nitrogens with zero attached hydrogens (tertiary/aromatic N) is 3. The smallest absolute Gasteiger partial charge is 0.247 e. The largest absolute Gasteiger partial charge is 0.342 e. The van der Waals surface area contributed by atoms with Gasteiger partial charge in [0, 0.05) is 39.3 Å². The molecule has 0 aliphatic carbocycles. The molecule has 0 unspecified atom stereocenters. The summed E-state index contributed by atoms with van der Waals surface area (Å²) in [5.74, 6) is 0.0599. The van der Waals surface area contributed by atoms with Gasteiger partial charge in [0.1, 0.15) is 5.54 Å². The maximum absolute atomic E-state index is 12.5. The lowest BCUT2D eigenvalue weighted by molar-refractivity contribution is -0.157. The molecular weight excluding hydrogens is 256 g/mol. The van der Waals surface area contributed by atoms with E-state index >= 15 is 0 Å². The number of piperazine rings is 1. The summed E-state index contributed by atoms with van der Waals surface area (Å²) in [7, 11) is 1.79. The molecule has 0 spiro atoms. The second-order valence-corrected chi connectivity index (χ2v) is 6.44. The number of hydrogen-bond acceptors (Lipinski definition) is 4. The molecule has 6 nitrogen and oxygen atoms in total. The van der Waals surface area contributed by atoms with Crippen molar-refractivity contribution in [3.8, 4) is 0 Å². The van der Waals surface area contributed by atoms with Crippen LogP contribution in [0.5, 0.6) is 0 Å². The number of likely N-dealkylation sites (tertiary alicyclic amines) is 1. The van der Waals surface area contributed by atoms with Crippen molar-refractivity contribution < 1.29 is 9.59 Å². The van der Waals surface area contributed by atoms with Gasteiger partial charge >= 0.3 is 0 Å². The van der Waals surface area contributed by atoms with Crippen LogP contribution in [0, 0.1) is 0 Å². The number of hydrogen-bond donors (Lipinski definition) is 1. The topological polar surface area (TPSA) is 69.9 Å². The molecule has 2 aliphatic rings. The van der Waals surface area contributed by atoms with Crippen LogP contribution >= 0.6 is 0 Å². The zero-order valence-corrected chi connectivity index (χ0v) is 12.8. The average molecular weight is 282 g/mol. The van der Waals surface area contributed by atoms with Crippen LogP contribution in [0.4, 0.5) is 0 Å². The number of carbonyl (C=O) groups is 2. The van der Waals surface area contributed by atoms with Crippen LogP contribution in [0.3, 0.4) is 0 Å². The monoisotopic (exact) mass is 282 g/mol. The van der Waals surface area contributed by atoms with Gasteiger partial charge in [-0.15, -0.1) is 0 Å². The summed E-state index contributed by atoms with van der Waals surface area (Å²) >= 11 is 0. The van der Waals surface area contributed by atoms with Crippen LogP contribution in [0.15, 0.2) is 0 Å². The van der Waals surface area contributed by atoms with E-state index < -0.39 is 5.54 Å². The van der Waals surface area contributed by atoms with Crippen molar-refractivity contribution in [1.29, 1.82) is 0 Å². The molecule has 2 fully saturated rings. The van der Waals surface area contributed by atoms with Crippen LogP contribution in [0.25, 0.3) is 0 Å². The van der Waals surface area contributed by atoms with Crippen LogP contribution < -0.4 is 5.73 Å². The molecule has 114 valence electrons. The molecule has 2 saturated heterocycles. The Kier molecular flexibility index (Phi) is 4.34. The summed E-state index contributed by atoms with van der Waals surface area (Å²) < 4.78 is 0. The van der Waals surface area contributed by atoms with Crippen LogP contribution in [-0.2, 0) is 9.59 Å². The summed E-state index contributed by atoms with van der Waals surface area (Å²) in [5, 5.41) is 0. The van der Waals surface area contributed by atoms with Gasteiger partial charge in [-0.1, -0.05) is 0 Å². The Hall–Kier alpha value is -1.14. The standard InChI is InChI=1S/C14H26N4O2/c1-14(2)13(20)16(3)8-9-18(14)12(19)10-17-6-4-11(15)5-7-17/h11H,4-10,15H2,1-3H3. The molecule has 0 atom stereocenters. The predicted octanol–water partition coefficient (Wildman–Crippen LogP) is -0.511. The molecule has 0 aromatic carbocycles. The van der Waals surface area contributed by atoms with Gasteiger partial charge in [-0.25, -0.2) is 0 Å². The summed E-state index contributed by atoms with van der Waals surface area (Å²) in [6, 6.07) is 0.267. The quantitative estimate of drug-likeness (QED) is 0.740. The highest BCUT2D eigenvalue weighted by Crippen LogP contribution is 2.22. The van der Waals surface area contributed by atoms with Crippen molar-refractivity contribution in [2.24, 2.45) is 5.73 Å². The third-order valence-corrected chi connectivity index (χ3v) is 4.50. The summed E-state index contributed by atoms with van der Waals surface area (Å²) in [6.07, 6.45) is 1.89. The van der Waals surface area contributed by atoms with Crippen LogP contribution in [-0.4, -0.2) is 77.9 Å². The minimum atomic E-state index is -0.740. The van der Waals surface area contributed by atoms with Crippen molar-refractivity contribution in [1.82, 2.24) is 14.7 Å². The highest BCUT2D eigenvalue weighted by atomic mass is 16.2. The first-order valence-corrected chi connectivity index (χ1v) is 7.36. The van der Waals surface area contributed by atoms with E-state index in [0.29, 0.717) is 19.6 Å². The zero-order chi connectivity index (χ0) is 14.9. The first-order valence-electron chi connectivity index (χ1n) is 7.36. The van der Waals surface area contributed by atoms with Crippen LogP contribution in [0.1, 0.15) is 26.7 Å². The SMILES string of the molecule is CN1CCN(C(=O)CN2CCC(N)CC2)C(C)(C)C1=O. The maximum Gasteiger partial charge on any atom is 0.247 e. The Morgan fingerprint density at radius 2 is 1.85 bits per heavy atom. The molecule has 20 heavy (non-hydrogen) atoms. The van der Waals surface area contributed by atoms with E-state index in [1.807, 2.05) is 13.8 Å². The fraction of sp³-hybridized carbons (Fsp3) is 0.857. The molecule has 0 radical (unpaired) electrons. The lowest BCUT2D eigenvalue weighted by Crippen LogP contribution is -2.64. The van der Waals surface area contributed by atoms with Crippen molar-refractivity contribution in [3.63, 3.8) is 0 Å². The summed E-state index contributed by atoms with van der Waals surface area (Å²) in [4.78, 5) is 30.3. The van der Waals surface area contributed by atoms with E-state index in [4.69, 9.17) is 5.73 Å². The number of rotatable bonds is 2. The first kappa shape index (κ1) is 15.3. The molecule has 0 aromatic heterocycles. The molecule has 2 rings (SSSR count). The fourth-order valence-corrected chi connectivity index (χ4v) is 3.04. The van der Waals surface area contributed by atoms with E-state index in [1.54, 1.807) is 16.8 Å². The van der Waals surface area contributed by atoms with Crippen LogP contribution in [0.2, 0.25) is 0 Å². The van der Waals surface area contributed by atoms with Crippen molar-refractivity contribution in [3.05, 3.63) is 0 Å². The fourth-order valence-electron chi connectivity index (χ4n) is 3.04. The van der Waals surface area contributed by atoms with Crippen molar-refractivity contribution in [2.75, 3.05) is 39.8 Å². The molecule has 2 heterocycles. The highest BCUT2D eigenvalue weighted by molar-refractivity contribution is 5.92. The summed E-state index contributed by atoms with van der Waals surface area (Å²) in [5.41, 5.74) is 5.14. The zero-order valence-electron chi connectivity index (χ0n) is 12.8. The number of likely N-dealkylation sites (N-methyl/N-ethyl adjacent to an activating group) is 1. The number of nitrogens with two attached hydrogens (primary N) is 1. The Balaban J connectivity index is 1.96. The van der Waals surface area contributed by atoms with E-state index in [2.05, 4.69) is 4.90 Å². The third kappa shape index (κ3) is 2.96. The average Bonchev–Trinajstić information content (AvgIpc) is 2.38.